The van der Waals surface area contributed by atoms with Crippen molar-refractivity contribution in [2.75, 3.05) is 12.4 Å². The van der Waals surface area contributed by atoms with Gasteiger partial charge in [0.05, 0.1) is 13.5 Å². The maximum absolute atomic E-state index is 11.2. The highest BCUT2D eigenvalue weighted by molar-refractivity contribution is 7.12. The molecule has 0 aromatic carbocycles. The summed E-state index contributed by atoms with van der Waals surface area (Å²) in [5.74, 6) is -1.41. The van der Waals surface area contributed by atoms with E-state index >= 15 is 0 Å². The van der Waals surface area contributed by atoms with E-state index in [0.29, 0.717) is 10.6 Å². The van der Waals surface area contributed by atoms with Crippen LogP contribution in [0.3, 0.4) is 0 Å². The van der Waals surface area contributed by atoms with Crippen LogP contribution in [0.25, 0.3) is 0 Å². The summed E-state index contributed by atoms with van der Waals surface area (Å²) in [4.78, 5) is 22.0. The highest BCUT2D eigenvalue weighted by atomic mass is 32.1. The van der Waals surface area contributed by atoms with E-state index in [9.17, 15) is 9.59 Å². The summed E-state index contributed by atoms with van der Waals surface area (Å²) in [6, 6.07) is 1.60. The quantitative estimate of drug-likeness (QED) is 0.685. The van der Waals surface area contributed by atoms with Crippen molar-refractivity contribution in [1.82, 2.24) is 0 Å². The smallest absolute Gasteiger partial charge is 0.348 e. The Morgan fingerprint density at radius 1 is 1.65 bits per heavy atom. The summed E-state index contributed by atoms with van der Waals surface area (Å²) in [6.07, 6.45) is 1.15. The van der Waals surface area contributed by atoms with Gasteiger partial charge < -0.3 is 20.9 Å². The van der Waals surface area contributed by atoms with Gasteiger partial charge in [-0.3, -0.25) is 4.79 Å². The number of carbonyl (C=O) groups excluding carboxylic acids is 1. The molecule has 92 valence electrons. The minimum atomic E-state index is -0.999. The molecule has 0 aliphatic rings. The maximum Gasteiger partial charge on any atom is 0.348 e. The standard InChI is InChI=1S/C10H12N2O4S/c1-16-10(15)8-3-7(5-17-8)12-4-6(11)2-9(13)14/h3-5,12H,2,11H2,1H3,(H,13,14)/b6-4-. The lowest BCUT2D eigenvalue weighted by molar-refractivity contribution is -0.136. The zero-order chi connectivity index (χ0) is 12.8. The third-order valence-corrected chi connectivity index (χ3v) is 2.68. The molecule has 0 unspecified atom stereocenters. The Bertz CT molecular complexity index is 453. The zero-order valence-corrected chi connectivity index (χ0v) is 9.91. The number of ether oxygens (including phenoxy) is 1. The minimum absolute atomic E-state index is 0.198. The number of methoxy groups -OCH3 is 1. The van der Waals surface area contributed by atoms with Gasteiger partial charge in [-0.15, -0.1) is 11.3 Å². The summed E-state index contributed by atoms with van der Waals surface area (Å²) in [5, 5.41) is 13.0. The van der Waals surface area contributed by atoms with Gasteiger partial charge in [-0.25, -0.2) is 4.79 Å². The van der Waals surface area contributed by atoms with Crippen molar-refractivity contribution in [2.45, 2.75) is 6.42 Å². The lowest BCUT2D eigenvalue weighted by atomic mass is 10.3. The van der Waals surface area contributed by atoms with E-state index in [0.717, 1.165) is 0 Å². The Balaban J connectivity index is 2.61. The monoisotopic (exact) mass is 256 g/mol. The molecule has 17 heavy (non-hydrogen) atoms. The maximum atomic E-state index is 11.2. The average molecular weight is 256 g/mol. The molecule has 0 aliphatic carbocycles. The van der Waals surface area contributed by atoms with Crippen molar-refractivity contribution in [3.05, 3.63) is 28.2 Å². The van der Waals surface area contributed by atoms with Crippen LogP contribution < -0.4 is 11.1 Å². The Hall–Kier alpha value is -2.02. The normalized spacial score (nSPS) is 11.0. The molecule has 0 saturated carbocycles. The molecule has 1 heterocycles. The Morgan fingerprint density at radius 3 is 2.94 bits per heavy atom. The third-order valence-electron chi connectivity index (χ3n) is 1.77. The van der Waals surface area contributed by atoms with Crippen LogP contribution in [0.2, 0.25) is 0 Å². The predicted molar refractivity (Wildman–Crippen MR) is 63.8 cm³/mol. The average Bonchev–Trinajstić information content (AvgIpc) is 2.73. The number of thiophene rings is 1. The van der Waals surface area contributed by atoms with Crippen LogP contribution in [0.4, 0.5) is 5.69 Å². The van der Waals surface area contributed by atoms with Gasteiger partial charge in [0, 0.05) is 23.0 Å². The molecule has 7 heteroatoms. The number of hydrogen-bond donors (Lipinski definition) is 3. The van der Waals surface area contributed by atoms with Crippen molar-refractivity contribution in [2.24, 2.45) is 5.73 Å². The molecular formula is C10H12N2O4S. The SMILES string of the molecule is COC(=O)c1cc(N/C=C(\N)CC(=O)O)cs1. The third kappa shape index (κ3) is 4.15. The fraction of sp³-hybridized carbons (Fsp3) is 0.200. The molecule has 4 N–H and O–H groups in total. The van der Waals surface area contributed by atoms with Crippen LogP contribution in [-0.4, -0.2) is 24.2 Å². The fourth-order valence-corrected chi connectivity index (χ4v) is 1.79. The van der Waals surface area contributed by atoms with Crippen LogP contribution in [-0.2, 0) is 9.53 Å². The van der Waals surface area contributed by atoms with E-state index in [1.807, 2.05) is 0 Å². The second kappa shape index (κ2) is 5.90. The van der Waals surface area contributed by atoms with Gasteiger partial charge in [-0.1, -0.05) is 0 Å². The highest BCUT2D eigenvalue weighted by Crippen LogP contribution is 2.20. The van der Waals surface area contributed by atoms with Crippen molar-refractivity contribution in [3.8, 4) is 0 Å². The van der Waals surface area contributed by atoms with E-state index in [4.69, 9.17) is 10.8 Å². The first-order valence-electron chi connectivity index (χ1n) is 4.62. The number of aliphatic carboxylic acids is 1. The molecule has 0 spiro atoms. The molecule has 6 nitrogen and oxygen atoms in total. The Labute approximate surface area is 102 Å². The van der Waals surface area contributed by atoms with Crippen molar-refractivity contribution in [1.29, 1.82) is 0 Å². The van der Waals surface area contributed by atoms with Crippen LogP contribution in [0.5, 0.6) is 0 Å². The predicted octanol–water partition coefficient (Wildman–Crippen LogP) is 1.22. The molecule has 0 fully saturated rings. The molecule has 0 atom stereocenters. The molecule has 0 amide bonds. The number of carboxylic acid groups (broad SMARTS) is 1. The Morgan fingerprint density at radius 2 is 2.35 bits per heavy atom. The number of rotatable bonds is 5. The highest BCUT2D eigenvalue weighted by Gasteiger charge is 2.08. The molecule has 0 saturated heterocycles. The van der Waals surface area contributed by atoms with Gasteiger partial charge in [-0.2, -0.15) is 0 Å². The van der Waals surface area contributed by atoms with Crippen LogP contribution >= 0.6 is 11.3 Å². The lowest BCUT2D eigenvalue weighted by Gasteiger charge is -1.99. The molecular weight excluding hydrogens is 244 g/mol. The van der Waals surface area contributed by atoms with Crippen molar-refractivity contribution in [3.63, 3.8) is 0 Å². The minimum Gasteiger partial charge on any atom is -0.481 e. The molecule has 0 radical (unpaired) electrons. The van der Waals surface area contributed by atoms with Gasteiger partial charge in [0.15, 0.2) is 0 Å². The molecule has 1 aromatic heterocycles. The first kappa shape index (κ1) is 13.0. The number of carboxylic acids is 1. The van der Waals surface area contributed by atoms with Gasteiger partial charge in [0.1, 0.15) is 4.88 Å². The van der Waals surface area contributed by atoms with E-state index in [1.54, 1.807) is 11.4 Å². The van der Waals surface area contributed by atoms with Crippen molar-refractivity contribution < 1.29 is 19.4 Å². The molecule has 1 rings (SSSR count). The van der Waals surface area contributed by atoms with Gasteiger partial charge in [-0.05, 0) is 6.07 Å². The topological polar surface area (TPSA) is 102 Å². The van der Waals surface area contributed by atoms with Crippen molar-refractivity contribution >= 4 is 29.0 Å². The second-order valence-corrected chi connectivity index (χ2v) is 4.04. The number of anilines is 1. The lowest BCUT2D eigenvalue weighted by Crippen LogP contribution is -2.06. The number of hydrogen-bond acceptors (Lipinski definition) is 6. The van der Waals surface area contributed by atoms with Gasteiger partial charge in [0.2, 0.25) is 0 Å². The van der Waals surface area contributed by atoms with Gasteiger partial charge >= 0.3 is 11.9 Å². The molecule has 1 aromatic rings. The summed E-state index contributed by atoms with van der Waals surface area (Å²) in [7, 11) is 1.31. The number of carbonyl (C=O) groups is 2. The van der Waals surface area contributed by atoms with Crippen LogP contribution in [0.1, 0.15) is 16.1 Å². The Kier molecular flexibility index (Phi) is 4.53. The van der Waals surface area contributed by atoms with Gasteiger partial charge in [0.25, 0.3) is 0 Å². The number of nitrogens with one attached hydrogen (secondary N) is 1. The largest absolute Gasteiger partial charge is 0.481 e. The molecule has 0 aliphatic heterocycles. The first-order valence-corrected chi connectivity index (χ1v) is 5.50. The molecule has 0 bridgehead atoms. The summed E-state index contributed by atoms with van der Waals surface area (Å²) < 4.78 is 4.55. The van der Waals surface area contributed by atoms with E-state index in [-0.39, 0.29) is 12.1 Å². The summed E-state index contributed by atoms with van der Waals surface area (Å²) in [6.45, 7) is 0. The van der Waals surface area contributed by atoms with Crippen LogP contribution in [0.15, 0.2) is 23.3 Å². The first-order chi connectivity index (χ1) is 8.02. The zero-order valence-electron chi connectivity index (χ0n) is 9.10. The van der Waals surface area contributed by atoms with E-state index in [1.165, 1.54) is 24.6 Å². The fourth-order valence-electron chi connectivity index (χ4n) is 1.02. The summed E-state index contributed by atoms with van der Waals surface area (Å²) >= 11 is 1.22. The van der Waals surface area contributed by atoms with Crippen LogP contribution in [0, 0.1) is 0 Å². The summed E-state index contributed by atoms with van der Waals surface area (Å²) in [5.41, 5.74) is 6.30. The van der Waals surface area contributed by atoms with E-state index < -0.39 is 11.9 Å². The van der Waals surface area contributed by atoms with E-state index in [2.05, 4.69) is 10.1 Å². The second-order valence-electron chi connectivity index (χ2n) is 3.13. The number of nitrogens with two attached hydrogens (primary N) is 1. The number of esters is 1.